The summed E-state index contributed by atoms with van der Waals surface area (Å²) < 4.78 is 11.6. The number of nitrogens with one attached hydrogen (secondary N) is 1. The van der Waals surface area contributed by atoms with E-state index >= 15 is 0 Å². The van der Waals surface area contributed by atoms with E-state index in [4.69, 9.17) is 21.1 Å². The standard InChI is InChI=1S/C30H37ClN4O2/c1-21-22(2)29(37-18-15-33-23-11-13-32-14-12-23)10-8-26(21)28-6-4-5-25-20-34(16-17-35(25)28)24-7-9-27(31)30(19-24)36-3/h7-14,19,25,28H,4-6,15-18,20H2,1-3H3,(H,32,33)/t25-,28+/m0/s1. The van der Waals surface area contributed by atoms with Gasteiger partial charge in [0.05, 0.1) is 12.1 Å². The van der Waals surface area contributed by atoms with Crippen LogP contribution in [0.1, 0.15) is 42.0 Å². The number of pyridine rings is 1. The van der Waals surface area contributed by atoms with E-state index in [0.29, 0.717) is 23.7 Å². The zero-order chi connectivity index (χ0) is 25.8. The van der Waals surface area contributed by atoms with E-state index in [0.717, 1.165) is 43.4 Å². The molecule has 2 fully saturated rings. The first kappa shape index (κ1) is 25.7. The van der Waals surface area contributed by atoms with Crippen LogP contribution < -0.4 is 19.7 Å². The highest BCUT2D eigenvalue weighted by molar-refractivity contribution is 6.32. The van der Waals surface area contributed by atoms with Crippen LogP contribution >= 0.6 is 11.6 Å². The second-order valence-electron chi connectivity index (χ2n) is 10.0. The maximum Gasteiger partial charge on any atom is 0.139 e. The predicted molar refractivity (Wildman–Crippen MR) is 151 cm³/mol. The van der Waals surface area contributed by atoms with Gasteiger partial charge in [-0.3, -0.25) is 9.88 Å². The van der Waals surface area contributed by atoms with Gasteiger partial charge in [0.15, 0.2) is 0 Å². The Balaban J connectivity index is 1.24. The second kappa shape index (κ2) is 11.6. The van der Waals surface area contributed by atoms with Gasteiger partial charge in [0.25, 0.3) is 0 Å². The van der Waals surface area contributed by atoms with Crippen molar-refractivity contribution in [1.82, 2.24) is 9.88 Å². The fourth-order valence-electron chi connectivity index (χ4n) is 5.82. The fourth-order valence-corrected chi connectivity index (χ4v) is 6.02. The third kappa shape index (κ3) is 5.65. The molecule has 196 valence electrons. The molecule has 37 heavy (non-hydrogen) atoms. The van der Waals surface area contributed by atoms with Gasteiger partial charge >= 0.3 is 0 Å². The van der Waals surface area contributed by atoms with E-state index in [2.05, 4.69) is 58.2 Å². The van der Waals surface area contributed by atoms with Crippen LogP contribution in [0, 0.1) is 13.8 Å². The Morgan fingerprint density at radius 1 is 1.00 bits per heavy atom. The molecular weight excluding hydrogens is 484 g/mol. The van der Waals surface area contributed by atoms with Crippen LogP contribution in [0.4, 0.5) is 11.4 Å². The van der Waals surface area contributed by atoms with Gasteiger partial charge in [0.1, 0.15) is 18.1 Å². The molecule has 6 nitrogen and oxygen atoms in total. The van der Waals surface area contributed by atoms with Crippen molar-refractivity contribution >= 4 is 23.0 Å². The van der Waals surface area contributed by atoms with Crippen LogP contribution in [-0.4, -0.2) is 55.8 Å². The number of hydrogen-bond acceptors (Lipinski definition) is 6. The van der Waals surface area contributed by atoms with Gasteiger partial charge in [0, 0.05) is 68.1 Å². The van der Waals surface area contributed by atoms with Crippen molar-refractivity contribution in [3.8, 4) is 11.5 Å². The van der Waals surface area contributed by atoms with Crippen molar-refractivity contribution in [2.45, 2.75) is 45.2 Å². The lowest BCUT2D eigenvalue weighted by Gasteiger charge is -2.49. The van der Waals surface area contributed by atoms with E-state index in [1.165, 1.54) is 41.6 Å². The number of methoxy groups -OCH3 is 1. The van der Waals surface area contributed by atoms with Crippen LogP contribution in [0.25, 0.3) is 0 Å². The summed E-state index contributed by atoms with van der Waals surface area (Å²) >= 11 is 6.27. The van der Waals surface area contributed by atoms with Gasteiger partial charge in [0.2, 0.25) is 0 Å². The largest absolute Gasteiger partial charge is 0.495 e. The number of piperazine rings is 1. The third-order valence-electron chi connectivity index (χ3n) is 7.95. The van der Waals surface area contributed by atoms with Crippen LogP contribution in [0.2, 0.25) is 5.02 Å². The second-order valence-corrected chi connectivity index (χ2v) is 10.4. The average Bonchev–Trinajstić information content (AvgIpc) is 2.93. The highest BCUT2D eigenvalue weighted by atomic mass is 35.5. The maximum atomic E-state index is 6.27. The highest BCUT2D eigenvalue weighted by Crippen LogP contribution is 2.40. The predicted octanol–water partition coefficient (Wildman–Crippen LogP) is 6.27. The van der Waals surface area contributed by atoms with E-state index in [9.17, 15) is 0 Å². The lowest BCUT2D eigenvalue weighted by molar-refractivity contribution is 0.0712. The lowest BCUT2D eigenvalue weighted by atomic mass is 9.86. The number of ether oxygens (including phenoxy) is 2. The number of rotatable bonds is 8. The molecule has 2 saturated heterocycles. The Hall–Kier alpha value is -2.96. The first-order valence-electron chi connectivity index (χ1n) is 13.3. The molecule has 0 spiro atoms. The number of fused-ring (bicyclic) bond motifs is 1. The molecule has 1 aromatic heterocycles. The van der Waals surface area contributed by atoms with Crippen LogP contribution in [0.3, 0.4) is 0 Å². The topological polar surface area (TPSA) is 49.9 Å². The van der Waals surface area contributed by atoms with Gasteiger partial charge in [-0.2, -0.15) is 0 Å². The number of benzene rings is 2. The molecule has 0 saturated carbocycles. The average molecular weight is 521 g/mol. The SMILES string of the molecule is COc1cc(N2CCN3[C@@H](CCC[C@@H]3c3ccc(OCCNc4ccncc4)c(C)c3C)C2)ccc1Cl. The summed E-state index contributed by atoms with van der Waals surface area (Å²) in [7, 11) is 1.68. The van der Waals surface area contributed by atoms with Crippen LogP contribution in [0.5, 0.6) is 11.5 Å². The molecule has 0 bridgehead atoms. The van der Waals surface area contributed by atoms with E-state index in [-0.39, 0.29) is 0 Å². The number of nitrogens with zero attached hydrogens (tertiary/aromatic N) is 3. The van der Waals surface area contributed by atoms with Gasteiger partial charge in [-0.15, -0.1) is 0 Å². The molecule has 2 aliphatic heterocycles. The number of piperidine rings is 1. The van der Waals surface area contributed by atoms with Crippen molar-refractivity contribution in [2.75, 3.05) is 50.1 Å². The Kier molecular flexibility index (Phi) is 8.06. The number of halogens is 1. The molecule has 2 aliphatic rings. The molecule has 2 aromatic carbocycles. The molecule has 0 amide bonds. The summed E-state index contributed by atoms with van der Waals surface area (Å²) in [5.74, 6) is 1.72. The van der Waals surface area contributed by atoms with Crippen LogP contribution in [-0.2, 0) is 0 Å². The molecule has 5 rings (SSSR count). The minimum absolute atomic E-state index is 0.460. The van der Waals surface area contributed by atoms with Gasteiger partial charge in [-0.1, -0.05) is 17.7 Å². The zero-order valence-corrected chi connectivity index (χ0v) is 22.8. The summed E-state index contributed by atoms with van der Waals surface area (Å²) in [6, 6.07) is 15.5. The van der Waals surface area contributed by atoms with Crippen LogP contribution in [0.15, 0.2) is 54.9 Å². The highest BCUT2D eigenvalue weighted by Gasteiger charge is 2.36. The summed E-state index contributed by atoms with van der Waals surface area (Å²) in [6.07, 6.45) is 7.28. The van der Waals surface area contributed by atoms with Gasteiger partial charge in [-0.05, 0) is 80.1 Å². The van der Waals surface area contributed by atoms with E-state index in [1.807, 2.05) is 18.2 Å². The normalized spacial score (nSPS) is 19.8. The minimum Gasteiger partial charge on any atom is -0.495 e. The monoisotopic (exact) mass is 520 g/mol. The van der Waals surface area contributed by atoms with Gasteiger partial charge in [-0.25, -0.2) is 0 Å². The zero-order valence-electron chi connectivity index (χ0n) is 22.0. The Bertz CT molecular complexity index is 1210. The van der Waals surface area contributed by atoms with Gasteiger partial charge < -0.3 is 19.7 Å². The summed E-state index contributed by atoms with van der Waals surface area (Å²) in [4.78, 5) is 9.28. The molecule has 3 heterocycles. The number of hydrogen-bond donors (Lipinski definition) is 1. The van der Waals surface area contributed by atoms with Crippen molar-refractivity contribution < 1.29 is 9.47 Å². The Labute approximate surface area is 225 Å². The molecular formula is C30H37ClN4O2. The molecule has 7 heteroatoms. The van der Waals surface area contributed by atoms with Crippen molar-refractivity contribution in [3.05, 3.63) is 76.6 Å². The van der Waals surface area contributed by atoms with E-state index < -0.39 is 0 Å². The number of aromatic nitrogens is 1. The summed E-state index contributed by atoms with van der Waals surface area (Å²) in [6.45, 7) is 8.90. The lowest BCUT2D eigenvalue weighted by Crippen LogP contribution is -2.56. The Morgan fingerprint density at radius 3 is 2.65 bits per heavy atom. The first-order valence-corrected chi connectivity index (χ1v) is 13.6. The molecule has 0 aliphatic carbocycles. The van der Waals surface area contributed by atoms with E-state index in [1.54, 1.807) is 19.5 Å². The minimum atomic E-state index is 0.460. The third-order valence-corrected chi connectivity index (χ3v) is 8.26. The molecule has 0 unspecified atom stereocenters. The molecule has 1 N–H and O–H groups in total. The molecule has 2 atom stereocenters. The van der Waals surface area contributed by atoms with Crippen molar-refractivity contribution in [3.63, 3.8) is 0 Å². The Morgan fingerprint density at radius 2 is 1.84 bits per heavy atom. The smallest absolute Gasteiger partial charge is 0.139 e. The van der Waals surface area contributed by atoms with Crippen molar-refractivity contribution in [2.24, 2.45) is 0 Å². The molecule has 3 aromatic rings. The fraction of sp³-hybridized carbons (Fsp3) is 0.433. The maximum absolute atomic E-state index is 6.27. The number of anilines is 2. The first-order chi connectivity index (χ1) is 18.0. The quantitative estimate of drug-likeness (QED) is 0.353. The summed E-state index contributed by atoms with van der Waals surface area (Å²) in [5, 5.41) is 4.04. The molecule has 0 radical (unpaired) electrons. The summed E-state index contributed by atoms with van der Waals surface area (Å²) in [5.41, 5.74) is 6.30. The van der Waals surface area contributed by atoms with Crippen molar-refractivity contribution in [1.29, 1.82) is 0 Å².